The van der Waals surface area contributed by atoms with Crippen molar-refractivity contribution in [3.63, 3.8) is 0 Å². The third-order valence-electron chi connectivity index (χ3n) is 4.69. The number of ether oxygens (including phenoxy) is 1. The van der Waals surface area contributed by atoms with Gasteiger partial charge in [-0.05, 0) is 49.5 Å². The van der Waals surface area contributed by atoms with Gasteiger partial charge >= 0.3 is 0 Å². The van der Waals surface area contributed by atoms with E-state index >= 15 is 0 Å². The lowest BCUT2D eigenvalue weighted by molar-refractivity contribution is -0.134. The third kappa shape index (κ3) is 4.34. The highest BCUT2D eigenvalue weighted by atomic mass is 35.5. The first-order valence-electron chi connectivity index (χ1n) is 8.79. The van der Waals surface area contributed by atoms with Crippen LogP contribution in [0.5, 0.6) is 0 Å². The number of rotatable bonds is 4. The van der Waals surface area contributed by atoms with E-state index in [1.165, 1.54) is 0 Å². The first-order valence-corrected chi connectivity index (χ1v) is 9.17. The molecule has 1 saturated heterocycles. The average Bonchev–Trinajstić information content (AvgIpc) is 2.61. The van der Waals surface area contributed by atoms with Gasteiger partial charge in [0, 0.05) is 17.5 Å². The van der Waals surface area contributed by atoms with E-state index in [0.29, 0.717) is 23.7 Å². The fourth-order valence-electron chi connectivity index (χ4n) is 3.33. The highest BCUT2D eigenvalue weighted by Gasteiger charge is 2.40. The molecule has 2 N–H and O–H groups in total. The SMILES string of the molecule is CCCNC(=O)C1CCC2O/C(=C/c3ccc(Cl)cc3)C(=O)NC2C1. The molecule has 1 aromatic carbocycles. The molecule has 5 nitrogen and oxygen atoms in total. The molecule has 0 radical (unpaired) electrons. The number of hydrogen-bond acceptors (Lipinski definition) is 3. The summed E-state index contributed by atoms with van der Waals surface area (Å²) >= 11 is 5.88. The molecule has 3 rings (SSSR count). The van der Waals surface area contributed by atoms with Crippen LogP contribution in [0.3, 0.4) is 0 Å². The maximum Gasteiger partial charge on any atom is 0.286 e. The summed E-state index contributed by atoms with van der Waals surface area (Å²) in [5.41, 5.74) is 0.862. The van der Waals surface area contributed by atoms with Crippen LogP contribution in [0, 0.1) is 5.92 Å². The standard InChI is InChI=1S/C19H23ClN2O3/c1-2-9-21-18(23)13-5-8-16-15(11-13)22-19(24)17(25-16)10-12-3-6-14(20)7-4-12/h3-4,6-7,10,13,15-16H,2,5,8-9,11H2,1H3,(H,21,23)(H,22,24)/b17-10+. The predicted octanol–water partition coefficient (Wildman–Crippen LogP) is 2.89. The maximum atomic E-state index is 12.3. The van der Waals surface area contributed by atoms with Crippen molar-refractivity contribution in [2.24, 2.45) is 5.92 Å². The van der Waals surface area contributed by atoms with Crippen LogP contribution in [0.15, 0.2) is 30.0 Å². The normalized spacial score (nSPS) is 27.2. The summed E-state index contributed by atoms with van der Waals surface area (Å²) in [4.78, 5) is 24.5. The summed E-state index contributed by atoms with van der Waals surface area (Å²) in [6.07, 6.45) is 4.73. The lowest BCUT2D eigenvalue weighted by Crippen LogP contribution is -2.54. The molecular formula is C19H23ClN2O3. The van der Waals surface area contributed by atoms with Gasteiger partial charge in [0.2, 0.25) is 5.91 Å². The molecule has 2 amide bonds. The van der Waals surface area contributed by atoms with E-state index in [0.717, 1.165) is 24.8 Å². The summed E-state index contributed by atoms with van der Waals surface area (Å²) in [7, 11) is 0. The van der Waals surface area contributed by atoms with Crippen molar-refractivity contribution >= 4 is 29.5 Å². The Morgan fingerprint density at radius 2 is 2.12 bits per heavy atom. The Morgan fingerprint density at radius 3 is 2.84 bits per heavy atom. The molecule has 0 aromatic heterocycles. The summed E-state index contributed by atoms with van der Waals surface area (Å²) < 4.78 is 5.93. The number of fused-ring (bicyclic) bond motifs is 1. The van der Waals surface area contributed by atoms with Crippen LogP contribution in [0.1, 0.15) is 38.2 Å². The van der Waals surface area contributed by atoms with Crippen LogP contribution in [0.2, 0.25) is 5.02 Å². The summed E-state index contributed by atoms with van der Waals surface area (Å²) in [5, 5.41) is 6.59. The Balaban J connectivity index is 1.64. The van der Waals surface area contributed by atoms with Gasteiger partial charge in [-0.1, -0.05) is 30.7 Å². The minimum atomic E-state index is -0.231. The molecule has 1 heterocycles. The quantitative estimate of drug-likeness (QED) is 0.809. The fourth-order valence-corrected chi connectivity index (χ4v) is 3.46. The molecule has 3 atom stereocenters. The van der Waals surface area contributed by atoms with Crippen molar-refractivity contribution < 1.29 is 14.3 Å². The highest BCUT2D eigenvalue weighted by molar-refractivity contribution is 6.30. The predicted molar refractivity (Wildman–Crippen MR) is 96.9 cm³/mol. The zero-order valence-electron chi connectivity index (χ0n) is 14.3. The van der Waals surface area contributed by atoms with Gasteiger partial charge in [0.05, 0.1) is 6.04 Å². The topological polar surface area (TPSA) is 67.4 Å². The lowest BCUT2D eigenvalue weighted by Gasteiger charge is -2.39. The molecule has 2 fully saturated rings. The fraction of sp³-hybridized carbons (Fsp3) is 0.474. The van der Waals surface area contributed by atoms with E-state index in [1.807, 2.05) is 19.1 Å². The smallest absolute Gasteiger partial charge is 0.286 e. The van der Waals surface area contributed by atoms with Gasteiger partial charge in [-0.25, -0.2) is 0 Å². The molecule has 3 unspecified atom stereocenters. The van der Waals surface area contributed by atoms with E-state index in [1.54, 1.807) is 18.2 Å². The zero-order valence-corrected chi connectivity index (χ0v) is 15.0. The largest absolute Gasteiger partial charge is 0.483 e. The average molecular weight is 363 g/mol. The molecule has 134 valence electrons. The van der Waals surface area contributed by atoms with Crippen LogP contribution >= 0.6 is 11.6 Å². The minimum Gasteiger partial charge on any atom is -0.483 e. The number of carbonyl (C=O) groups excluding carboxylic acids is 2. The molecule has 6 heteroatoms. The number of hydrogen-bond donors (Lipinski definition) is 2. The molecular weight excluding hydrogens is 340 g/mol. The van der Waals surface area contributed by atoms with Crippen LogP contribution in [0.25, 0.3) is 6.08 Å². The van der Waals surface area contributed by atoms with Crippen LogP contribution in [0.4, 0.5) is 0 Å². The Kier molecular flexibility index (Phi) is 5.63. The molecule has 1 aromatic rings. The first-order chi connectivity index (χ1) is 12.1. The Morgan fingerprint density at radius 1 is 1.36 bits per heavy atom. The Bertz CT molecular complexity index is 672. The number of halogens is 1. The van der Waals surface area contributed by atoms with Gasteiger partial charge in [-0.15, -0.1) is 0 Å². The van der Waals surface area contributed by atoms with Crippen molar-refractivity contribution in [2.45, 2.75) is 44.8 Å². The molecule has 1 saturated carbocycles. The monoisotopic (exact) mass is 362 g/mol. The van der Waals surface area contributed by atoms with Crippen LogP contribution < -0.4 is 10.6 Å². The maximum absolute atomic E-state index is 12.3. The number of nitrogens with one attached hydrogen (secondary N) is 2. The van der Waals surface area contributed by atoms with Gasteiger partial charge in [0.25, 0.3) is 5.91 Å². The molecule has 25 heavy (non-hydrogen) atoms. The second kappa shape index (κ2) is 7.91. The number of amides is 2. The van der Waals surface area contributed by atoms with Gasteiger partial charge in [0.15, 0.2) is 5.76 Å². The minimum absolute atomic E-state index is 0.0569. The number of benzene rings is 1. The number of carbonyl (C=O) groups is 2. The van der Waals surface area contributed by atoms with Crippen LogP contribution in [-0.4, -0.2) is 30.5 Å². The van der Waals surface area contributed by atoms with Gasteiger partial charge in [-0.3, -0.25) is 9.59 Å². The van der Waals surface area contributed by atoms with E-state index in [9.17, 15) is 9.59 Å². The second-order valence-electron chi connectivity index (χ2n) is 6.60. The van der Waals surface area contributed by atoms with Gasteiger partial charge in [0.1, 0.15) is 6.10 Å². The molecule has 0 bridgehead atoms. The number of morpholine rings is 1. The van der Waals surface area contributed by atoms with E-state index < -0.39 is 0 Å². The van der Waals surface area contributed by atoms with Gasteiger partial charge < -0.3 is 15.4 Å². The van der Waals surface area contributed by atoms with E-state index in [2.05, 4.69) is 10.6 Å². The highest BCUT2D eigenvalue weighted by Crippen LogP contribution is 2.31. The summed E-state index contributed by atoms with van der Waals surface area (Å²) in [6, 6.07) is 7.12. The Hall–Kier alpha value is -2.01. The van der Waals surface area contributed by atoms with Crippen LogP contribution in [-0.2, 0) is 14.3 Å². The first kappa shape index (κ1) is 17.8. The van der Waals surface area contributed by atoms with E-state index in [-0.39, 0.29) is 29.9 Å². The second-order valence-corrected chi connectivity index (χ2v) is 7.03. The van der Waals surface area contributed by atoms with Crippen molar-refractivity contribution in [1.82, 2.24) is 10.6 Å². The van der Waals surface area contributed by atoms with Crippen molar-refractivity contribution in [1.29, 1.82) is 0 Å². The Labute approximate surface area is 152 Å². The van der Waals surface area contributed by atoms with Crippen molar-refractivity contribution in [3.05, 3.63) is 40.6 Å². The summed E-state index contributed by atoms with van der Waals surface area (Å²) in [6.45, 7) is 2.72. The molecule has 0 spiro atoms. The van der Waals surface area contributed by atoms with Crippen molar-refractivity contribution in [2.75, 3.05) is 6.54 Å². The van der Waals surface area contributed by atoms with Gasteiger partial charge in [-0.2, -0.15) is 0 Å². The summed E-state index contributed by atoms with van der Waals surface area (Å²) in [5.74, 6) is 0.110. The molecule has 2 aliphatic rings. The lowest BCUT2D eigenvalue weighted by atomic mass is 9.82. The molecule has 1 aliphatic carbocycles. The zero-order chi connectivity index (χ0) is 17.8. The van der Waals surface area contributed by atoms with E-state index in [4.69, 9.17) is 16.3 Å². The third-order valence-corrected chi connectivity index (χ3v) is 4.95. The van der Waals surface area contributed by atoms with Crippen molar-refractivity contribution in [3.8, 4) is 0 Å². The molecule has 1 aliphatic heterocycles.